The smallest absolute Gasteiger partial charge is 0.384 e. The highest BCUT2D eigenvalue weighted by Gasteiger charge is 2.27. The third-order valence-electron chi connectivity index (χ3n) is 2.80. The van der Waals surface area contributed by atoms with Crippen molar-refractivity contribution in [2.24, 2.45) is 10.6 Å². The van der Waals surface area contributed by atoms with E-state index >= 15 is 0 Å². The van der Waals surface area contributed by atoms with Gasteiger partial charge in [-0.3, -0.25) is 0 Å². The first kappa shape index (κ1) is 14.4. The molecular weight excluding hydrogens is 260 g/mol. The summed E-state index contributed by atoms with van der Waals surface area (Å²) in [6, 6.07) is 0. The molecule has 0 unspecified atom stereocenters. The zero-order valence-corrected chi connectivity index (χ0v) is 11.2. The van der Waals surface area contributed by atoms with Gasteiger partial charge in [-0.2, -0.15) is 0 Å². The van der Waals surface area contributed by atoms with Gasteiger partial charge in [-0.1, -0.05) is 19.0 Å². The molecule has 0 aliphatic heterocycles. The molecule has 1 heterocycles. The van der Waals surface area contributed by atoms with Crippen LogP contribution in [0.3, 0.4) is 0 Å². The average Bonchev–Trinajstić information content (AvgIpc) is 2.67. The molecule has 0 amide bonds. The first-order valence-corrected chi connectivity index (χ1v) is 5.80. The van der Waals surface area contributed by atoms with Gasteiger partial charge < -0.3 is 19.9 Å². The summed E-state index contributed by atoms with van der Waals surface area (Å²) < 4.78 is 1.56. The van der Waals surface area contributed by atoms with Crippen molar-refractivity contribution in [1.29, 1.82) is 0 Å². The van der Waals surface area contributed by atoms with Crippen LogP contribution in [0.1, 0.15) is 19.5 Å². The Labute approximate surface area is 109 Å². The zero-order valence-electron chi connectivity index (χ0n) is 10.4. The van der Waals surface area contributed by atoms with E-state index in [1.165, 1.54) is 6.33 Å². The van der Waals surface area contributed by atoms with E-state index in [9.17, 15) is 10.1 Å². The van der Waals surface area contributed by atoms with Crippen LogP contribution in [0.5, 0.6) is 0 Å². The molecule has 8 heteroatoms. The van der Waals surface area contributed by atoms with Crippen molar-refractivity contribution in [3.05, 3.63) is 22.1 Å². The molecule has 0 aliphatic rings. The lowest BCUT2D eigenvalue weighted by atomic mass is 9.89. The van der Waals surface area contributed by atoms with Crippen molar-refractivity contribution in [2.75, 3.05) is 5.88 Å². The Morgan fingerprint density at radius 3 is 2.72 bits per heavy atom. The molecule has 0 bridgehead atoms. The second-order valence-corrected chi connectivity index (χ2v) is 4.87. The fraction of sp³-hybridized carbons (Fsp3) is 0.600. The summed E-state index contributed by atoms with van der Waals surface area (Å²) >= 11 is 5.80. The van der Waals surface area contributed by atoms with E-state index in [0.29, 0.717) is 11.4 Å². The molecule has 0 saturated heterocycles. The van der Waals surface area contributed by atoms with E-state index in [1.807, 2.05) is 13.8 Å². The molecule has 1 rings (SSSR count). The minimum absolute atomic E-state index is 0.198. The molecule has 0 fully saturated rings. The van der Waals surface area contributed by atoms with Gasteiger partial charge in [0, 0.05) is 11.3 Å². The Morgan fingerprint density at radius 2 is 2.33 bits per heavy atom. The SMILES string of the molecule is Cc1c([N+](=O)[O-])ncn1C/C(=N\O)C(C)(C)CCl. The third kappa shape index (κ3) is 2.79. The van der Waals surface area contributed by atoms with E-state index in [2.05, 4.69) is 10.1 Å². The monoisotopic (exact) mass is 274 g/mol. The highest BCUT2D eigenvalue weighted by atomic mass is 35.5. The minimum atomic E-state index is -0.547. The number of imidazole rings is 1. The van der Waals surface area contributed by atoms with E-state index in [1.54, 1.807) is 11.5 Å². The van der Waals surface area contributed by atoms with Crippen molar-refractivity contribution in [3.8, 4) is 0 Å². The minimum Gasteiger partial charge on any atom is -0.411 e. The molecule has 0 atom stereocenters. The van der Waals surface area contributed by atoms with E-state index in [4.69, 9.17) is 16.8 Å². The Kier molecular flexibility index (Phi) is 4.28. The van der Waals surface area contributed by atoms with E-state index in [0.717, 1.165) is 0 Å². The number of alkyl halides is 1. The number of hydrogen-bond donors (Lipinski definition) is 1. The molecule has 0 saturated carbocycles. The van der Waals surface area contributed by atoms with E-state index in [-0.39, 0.29) is 18.2 Å². The lowest BCUT2D eigenvalue weighted by molar-refractivity contribution is -0.389. The molecule has 1 aromatic rings. The van der Waals surface area contributed by atoms with Crippen LogP contribution in [0.25, 0.3) is 0 Å². The maximum atomic E-state index is 10.7. The summed E-state index contributed by atoms with van der Waals surface area (Å²) in [6.45, 7) is 5.46. The summed E-state index contributed by atoms with van der Waals surface area (Å²) in [5.41, 5.74) is 0.348. The van der Waals surface area contributed by atoms with Gasteiger partial charge in [0.15, 0.2) is 0 Å². The number of nitro groups is 1. The molecule has 18 heavy (non-hydrogen) atoms. The van der Waals surface area contributed by atoms with Crippen LogP contribution in [0.4, 0.5) is 5.82 Å². The molecular formula is C10H15ClN4O3. The molecule has 1 N–H and O–H groups in total. The van der Waals surface area contributed by atoms with Crippen molar-refractivity contribution in [2.45, 2.75) is 27.3 Å². The number of oxime groups is 1. The van der Waals surface area contributed by atoms with Crippen LogP contribution >= 0.6 is 11.6 Å². The van der Waals surface area contributed by atoms with Gasteiger partial charge in [-0.25, -0.2) is 0 Å². The molecule has 7 nitrogen and oxygen atoms in total. The van der Waals surface area contributed by atoms with Crippen LogP contribution in [-0.2, 0) is 6.54 Å². The van der Waals surface area contributed by atoms with E-state index < -0.39 is 10.3 Å². The summed E-state index contributed by atoms with van der Waals surface area (Å²) in [7, 11) is 0. The second kappa shape index (κ2) is 5.34. The standard InChI is InChI=1S/C10H15ClN4O3/c1-7-9(15(17)18)12-6-14(7)4-8(13-16)10(2,3)5-11/h6,16H,4-5H2,1-3H3/b13-8+. The molecule has 0 spiro atoms. The van der Waals surface area contributed by atoms with Gasteiger partial charge in [0.05, 0.1) is 12.3 Å². The first-order chi connectivity index (χ1) is 8.33. The van der Waals surface area contributed by atoms with Gasteiger partial charge in [0.1, 0.15) is 5.69 Å². The van der Waals surface area contributed by atoms with Crippen LogP contribution in [-0.4, -0.2) is 31.3 Å². The highest BCUT2D eigenvalue weighted by Crippen LogP contribution is 2.22. The van der Waals surface area contributed by atoms with Crippen LogP contribution < -0.4 is 0 Å². The Hall–Kier alpha value is -1.63. The third-order valence-corrected chi connectivity index (χ3v) is 3.47. The van der Waals surface area contributed by atoms with Crippen LogP contribution in [0, 0.1) is 22.5 Å². The Morgan fingerprint density at radius 1 is 1.72 bits per heavy atom. The number of rotatable bonds is 5. The summed E-state index contributed by atoms with van der Waals surface area (Å²) in [6.07, 6.45) is 1.35. The Balaban J connectivity index is 3.01. The highest BCUT2D eigenvalue weighted by molar-refractivity contribution is 6.20. The fourth-order valence-electron chi connectivity index (χ4n) is 1.39. The van der Waals surface area contributed by atoms with Gasteiger partial charge in [-0.05, 0) is 16.8 Å². The van der Waals surface area contributed by atoms with Crippen LogP contribution in [0.2, 0.25) is 0 Å². The number of hydrogen-bond acceptors (Lipinski definition) is 5. The van der Waals surface area contributed by atoms with Crippen LogP contribution in [0.15, 0.2) is 11.5 Å². The normalized spacial score (nSPS) is 12.8. The van der Waals surface area contributed by atoms with Gasteiger partial charge in [-0.15, -0.1) is 11.6 Å². The van der Waals surface area contributed by atoms with Gasteiger partial charge >= 0.3 is 5.82 Å². The maximum absolute atomic E-state index is 10.7. The molecule has 100 valence electrons. The lowest BCUT2D eigenvalue weighted by Crippen LogP contribution is -2.30. The molecule has 0 aromatic carbocycles. The summed E-state index contributed by atoms with van der Waals surface area (Å²) in [5.74, 6) is 0.0818. The number of nitrogens with zero attached hydrogens (tertiary/aromatic N) is 4. The topological polar surface area (TPSA) is 93.5 Å². The second-order valence-electron chi connectivity index (χ2n) is 4.60. The fourth-order valence-corrected chi connectivity index (χ4v) is 1.55. The lowest BCUT2D eigenvalue weighted by Gasteiger charge is -2.22. The maximum Gasteiger partial charge on any atom is 0.384 e. The van der Waals surface area contributed by atoms with Gasteiger partial charge in [0.25, 0.3) is 0 Å². The van der Waals surface area contributed by atoms with Gasteiger partial charge in [0.2, 0.25) is 6.33 Å². The Bertz CT molecular complexity index is 481. The quantitative estimate of drug-likeness (QED) is 0.293. The predicted molar refractivity (Wildman–Crippen MR) is 67.3 cm³/mol. The first-order valence-electron chi connectivity index (χ1n) is 5.27. The summed E-state index contributed by atoms with van der Waals surface area (Å²) in [4.78, 5) is 13.8. The molecule has 0 aliphatic carbocycles. The van der Waals surface area contributed by atoms with Crippen molar-refractivity contribution in [1.82, 2.24) is 9.55 Å². The largest absolute Gasteiger partial charge is 0.411 e. The summed E-state index contributed by atoms with van der Waals surface area (Å²) in [5, 5.41) is 22.9. The van der Waals surface area contributed by atoms with Crippen molar-refractivity contribution in [3.63, 3.8) is 0 Å². The zero-order chi connectivity index (χ0) is 13.9. The average molecular weight is 275 g/mol. The van der Waals surface area contributed by atoms with Crippen molar-refractivity contribution < 1.29 is 10.1 Å². The number of aromatic nitrogens is 2. The molecule has 1 aromatic heterocycles. The molecule has 0 radical (unpaired) electrons. The number of halogens is 1. The van der Waals surface area contributed by atoms with Crippen molar-refractivity contribution >= 4 is 23.1 Å². The predicted octanol–water partition coefficient (Wildman–Crippen LogP) is 2.19.